The van der Waals surface area contributed by atoms with E-state index < -0.39 is 0 Å². The van der Waals surface area contributed by atoms with Crippen LogP contribution in [-0.4, -0.2) is 22.4 Å². The van der Waals surface area contributed by atoms with Gasteiger partial charge in [0.25, 0.3) is 0 Å². The lowest BCUT2D eigenvalue weighted by atomic mass is 10.1. The molecule has 3 heteroatoms. The summed E-state index contributed by atoms with van der Waals surface area (Å²) in [4.78, 5) is 2.11. The maximum atomic E-state index is 8.59. The number of nitrogens with zero attached hydrogens (tertiary/aromatic N) is 2. The van der Waals surface area contributed by atoms with Crippen LogP contribution in [0.25, 0.3) is 0 Å². The summed E-state index contributed by atoms with van der Waals surface area (Å²) >= 11 is 0. The fourth-order valence-corrected chi connectivity index (χ4v) is 1.70. The van der Waals surface area contributed by atoms with Crippen molar-refractivity contribution in [3.05, 3.63) is 60.3 Å². The molecule has 1 N–H and O–H groups in total. The van der Waals surface area contributed by atoms with Gasteiger partial charge in [-0.2, -0.15) is 0 Å². The molecule has 1 aliphatic rings. The van der Waals surface area contributed by atoms with Crippen molar-refractivity contribution >= 4 is 6.21 Å². The molecule has 3 nitrogen and oxygen atoms in total. The van der Waals surface area contributed by atoms with Crippen LogP contribution >= 0.6 is 0 Å². The van der Waals surface area contributed by atoms with Gasteiger partial charge in [-0.05, 0) is 11.6 Å². The Hall–Kier alpha value is -2.03. The Bertz CT molecular complexity index is 409. The Morgan fingerprint density at radius 1 is 1.25 bits per heavy atom. The third-order valence-electron chi connectivity index (χ3n) is 2.51. The lowest BCUT2D eigenvalue weighted by Gasteiger charge is -2.27. The smallest absolute Gasteiger partial charge is 0.0862 e. The minimum absolute atomic E-state index is 0.0233. The molecule has 1 atom stereocenters. The molecule has 0 aliphatic carbocycles. The Morgan fingerprint density at radius 3 is 2.81 bits per heavy atom. The summed E-state index contributed by atoms with van der Waals surface area (Å²) in [6, 6.07) is 10.2. The van der Waals surface area contributed by atoms with Gasteiger partial charge in [-0.1, -0.05) is 47.6 Å². The molecule has 16 heavy (non-hydrogen) atoms. The first-order valence-electron chi connectivity index (χ1n) is 5.22. The number of oxime groups is 1. The molecule has 0 spiro atoms. The van der Waals surface area contributed by atoms with Crippen LogP contribution in [0.15, 0.2) is 59.9 Å². The highest BCUT2D eigenvalue weighted by molar-refractivity contribution is 5.67. The van der Waals surface area contributed by atoms with Gasteiger partial charge < -0.3 is 10.1 Å². The van der Waals surface area contributed by atoms with E-state index >= 15 is 0 Å². The van der Waals surface area contributed by atoms with Gasteiger partial charge in [-0.15, -0.1) is 0 Å². The summed E-state index contributed by atoms with van der Waals surface area (Å²) in [6.07, 6.45) is 9.43. The maximum absolute atomic E-state index is 8.59. The van der Waals surface area contributed by atoms with Gasteiger partial charge in [0, 0.05) is 12.7 Å². The van der Waals surface area contributed by atoms with E-state index in [1.165, 1.54) is 11.8 Å². The molecule has 1 unspecified atom stereocenters. The van der Waals surface area contributed by atoms with E-state index in [1.54, 1.807) is 0 Å². The molecule has 0 aromatic heterocycles. The van der Waals surface area contributed by atoms with E-state index in [1.807, 2.05) is 42.6 Å². The number of benzene rings is 1. The summed E-state index contributed by atoms with van der Waals surface area (Å²) in [5.74, 6) is 0. The number of allylic oxidation sites excluding steroid dienone is 2. The predicted molar refractivity (Wildman–Crippen MR) is 64.3 cm³/mol. The molecule has 0 fully saturated rings. The summed E-state index contributed by atoms with van der Waals surface area (Å²) in [5.41, 5.74) is 1.23. The normalized spacial score (nSPS) is 19.5. The van der Waals surface area contributed by atoms with Crippen molar-refractivity contribution in [2.75, 3.05) is 0 Å². The fourth-order valence-electron chi connectivity index (χ4n) is 1.70. The van der Waals surface area contributed by atoms with E-state index in [4.69, 9.17) is 5.21 Å². The molecule has 1 aromatic rings. The minimum atomic E-state index is 0.0233. The van der Waals surface area contributed by atoms with Crippen LogP contribution in [0.5, 0.6) is 0 Å². The van der Waals surface area contributed by atoms with Gasteiger partial charge >= 0.3 is 0 Å². The van der Waals surface area contributed by atoms with Gasteiger partial charge in [0.05, 0.1) is 12.3 Å². The van der Waals surface area contributed by atoms with Gasteiger partial charge in [0.15, 0.2) is 0 Å². The van der Waals surface area contributed by atoms with Gasteiger partial charge in [-0.3, -0.25) is 0 Å². The van der Waals surface area contributed by atoms with E-state index in [9.17, 15) is 0 Å². The molecule has 0 radical (unpaired) electrons. The van der Waals surface area contributed by atoms with Crippen LogP contribution in [0, 0.1) is 0 Å². The second kappa shape index (κ2) is 5.16. The first-order valence-corrected chi connectivity index (χ1v) is 5.22. The van der Waals surface area contributed by atoms with Crippen LogP contribution < -0.4 is 0 Å². The third kappa shape index (κ3) is 2.51. The fraction of sp³-hybridized carbons (Fsp3) is 0.154. The van der Waals surface area contributed by atoms with E-state index in [0.29, 0.717) is 0 Å². The third-order valence-corrected chi connectivity index (χ3v) is 2.51. The topological polar surface area (TPSA) is 35.8 Å². The van der Waals surface area contributed by atoms with Crippen molar-refractivity contribution in [3.8, 4) is 0 Å². The minimum Gasteiger partial charge on any atom is -0.411 e. The average Bonchev–Trinajstić information content (AvgIpc) is 2.33. The van der Waals surface area contributed by atoms with Gasteiger partial charge in [0.2, 0.25) is 0 Å². The molecular formula is C13H14N2O. The zero-order valence-electron chi connectivity index (χ0n) is 8.90. The summed E-state index contributed by atoms with van der Waals surface area (Å²) in [7, 11) is 0. The Kier molecular flexibility index (Phi) is 3.38. The van der Waals surface area contributed by atoms with Crippen molar-refractivity contribution in [2.45, 2.75) is 12.6 Å². The van der Waals surface area contributed by atoms with Crippen LogP contribution in [0.3, 0.4) is 0 Å². The van der Waals surface area contributed by atoms with Gasteiger partial charge in [-0.25, -0.2) is 0 Å². The molecule has 1 aliphatic heterocycles. The predicted octanol–water partition coefficient (Wildman–Crippen LogP) is 2.40. The highest BCUT2D eigenvalue weighted by Crippen LogP contribution is 2.12. The summed E-state index contributed by atoms with van der Waals surface area (Å²) in [6.45, 7) is 0.804. The molecule has 82 valence electrons. The van der Waals surface area contributed by atoms with E-state index in [0.717, 1.165) is 6.54 Å². The Morgan fingerprint density at radius 2 is 2.06 bits per heavy atom. The quantitative estimate of drug-likeness (QED) is 0.476. The molecule has 1 aromatic carbocycles. The number of hydrogen-bond donors (Lipinski definition) is 1. The van der Waals surface area contributed by atoms with Crippen LogP contribution in [0.4, 0.5) is 0 Å². The largest absolute Gasteiger partial charge is 0.411 e. The number of hydrogen-bond acceptors (Lipinski definition) is 3. The standard InChI is InChI=1S/C13H14N2O/c16-14-10-13-8-4-5-9-15(13)11-12-6-2-1-3-7-12/h1-10,13,16H,11H2/b14-10+. The maximum Gasteiger partial charge on any atom is 0.0862 e. The van der Waals surface area contributed by atoms with Crippen molar-refractivity contribution in [1.82, 2.24) is 4.90 Å². The molecule has 0 saturated carbocycles. The first kappa shape index (κ1) is 10.5. The molecule has 0 amide bonds. The highest BCUT2D eigenvalue weighted by Gasteiger charge is 2.12. The molecule has 1 heterocycles. The van der Waals surface area contributed by atoms with Crippen LogP contribution in [0.1, 0.15) is 5.56 Å². The molecular weight excluding hydrogens is 200 g/mol. The summed E-state index contributed by atoms with van der Waals surface area (Å²) in [5, 5.41) is 11.7. The van der Waals surface area contributed by atoms with E-state index in [2.05, 4.69) is 22.2 Å². The van der Waals surface area contributed by atoms with Crippen molar-refractivity contribution in [3.63, 3.8) is 0 Å². The van der Waals surface area contributed by atoms with E-state index in [-0.39, 0.29) is 6.04 Å². The van der Waals surface area contributed by atoms with Crippen molar-refractivity contribution < 1.29 is 5.21 Å². The van der Waals surface area contributed by atoms with Crippen LogP contribution in [-0.2, 0) is 6.54 Å². The highest BCUT2D eigenvalue weighted by atomic mass is 16.4. The van der Waals surface area contributed by atoms with Gasteiger partial charge in [0.1, 0.15) is 0 Å². The van der Waals surface area contributed by atoms with Crippen LogP contribution in [0.2, 0.25) is 0 Å². The SMILES string of the molecule is O/N=C/C1C=CC=CN1Cc1ccccc1. The molecule has 0 saturated heterocycles. The van der Waals surface area contributed by atoms with Crippen molar-refractivity contribution in [2.24, 2.45) is 5.16 Å². The second-order valence-corrected chi connectivity index (χ2v) is 3.64. The molecule has 2 rings (SSSR count). The summed E-state index contributed by atoms with van der Waals surface area (Å²) < 4.78 is 0. The lowest BCUT2D eigenvalue weighted by Crippen LogP contribution is -2.31. The first-order chi connectivity index (χ1) is 7.90. The van der Waals surface area contributed by atoms with Crippen molar-refractivity contribution in [1.29, 1.82) is 0 Å². The number of rotatable bonds is 3. The zero-order valence-corrected chi connectivity index (χ0v) is 8.90. The second-order valence-electron chi connectivity index (χ2n) is 3.64. The Labute approximate surface area is 95.0 Å². The zero-order chi connectivity index (χ0) is 11.2. The monoisotopic (exact) mass is 214 g/mol. The Balaban J connectivity index is 2.08. The lowest BCUT2D eigenvalue weighted by molar-refractivity contribution is 0.309. The average molecular weight is 214 g/mol. The molecule has 0 bridgehead atoms.